The molecular weight excluding hydrogens is 761 g/mol. The Morgan fingerprint density at radius 3 is 1.39 bits per heavy atom. The lowest BCUT2D eigenvalue weighted by molar-refractivity contribution is -0.249. The number of carbonyl (C=O) groups is 1. The molecule has 0 unspecified atom stereocenters. The molecule has 0 radical (unpaired) electrons. The van der Waals surface area contributed by atoms with Crippen molar-refractivity contribution in [2.45, 2.75) is 150 Å². The number of allylic oxidation sites excluding steroid dienone is 2. The maximum Gasteiger partial charge on any atom is 0.201 e. The average molecular weight is 835 g/mol. The highest BCUT2D eigenvalue weighted by atomic mass is 16.3. The van der Waals surface area contributed by atoms with Crippen molar-refractivity contribution >= 4 is 55.5 Å². The number of carbonyl (C=O) groups excluding carboxylic acids is 1. The molecule has 0 aromatic heterocycles. The average Bonchev–Trinajstić information content (AvgIpc) is 3.18. The molecule has 6 heteroatoms. The van der Waals surface area contributed by atoms with Crippen LogP contribution in [0.3, 0.4) is 0 Å². The van der Waals surface area contributed by atoms with Crippen LogP contribution in [0, 0.1) is 54.1 Å². The zero-order valence-corrected chi connectivity index (χ0v) is 41.6. The van der Waals surface area contributed by atoms with Crippen LogP contribution in [0.25, 0.3) is 32.7 Å². The second-order valence-electron chi connectivity index (χ2n) is 25.4. The monoisotopic (exact) mass is 835 g/mol. The van der Waals surface area contributed by atoms with Gasteiger partial charge in [-0.3, -0.25) is 9.79 Å². The van der Waals surface area contributed by atoms with E-state index in [0.29, 0.717) is 16.4 Å². The summed E-state index contributed by atoms with van der Waals surface area (Å²) >= 11 is 0. The van der Waals surface area contributed by atoms with Crippen LogP contribution in [-0.4, -0.2) is 22.2 Å². The van der Waals surface area contributed by atoms with E-state index in [9.17, 15) is 5.11 Å². The molecule has 2 fully saturated rings. The highest BCUT2D eigenvalue weighted by molar-refractivity contribution is 6.52. The van der Waals surface area contributed by atoms with E-state index in [4.69, 9.17) is 4.99 Å². The Morgan fingerprint density at radius 2 is 0.887 bits per heavy atom. The Hall–Kier alpha value is -4.32. The molecule has 62 heavy (non-hydrogen) atoms. The summed E-state index contributed by atoms with van der Waals surface area (Å²) in [7, 11) is 0. The molecule has 0 atom stereocenters. The molecule has 0 bridgehead atoms. The SMILES string of the molecule is CC1(C)C(C)(C)C(C)(C)C2(N=c3c(=C4C(=O)C(c5ccc6cccc7c6c5NC5(N7)C(C)(C)C(C)(C)C(C)(C)C(C)(C)C5(C)C)=C4O)ccc4cccc(c34)N2)C(C)(C)C1(C)C. The van der Waals surface area contributed by atoms with Crippen molar-refractivity contribution in [2.24, 2.45) is 59.1 Å². The third-order valence-electron chi connectivity index (χ3n) is 22.9. The van der Waals surface area contributed by atoms with Gasteiger partial charge in [-0.05, 0) is 55.4 Å². The molecule has 9 rings (SSSR count). The van der Waals surface area contributed by atoms with E-state index in [-0.39, 0.29) is 65.7 Å². The fourth-order valence-electron chi connectivity index (χ4n) is 14.6. The van der Waals surface area contributed by atoms with E-state index in [1.165, 1.54) is 0 Å². The smallest absolute Gasteiger partial charge is 0.201 e. The lowest BCUT2D eigenvalue weighted by Gasteiger charge is -2.77. The number of aliphatic hydroxyl groups is 1. The minimum atomic E-state index is -0.769. The summed E-state index contributed by atoms with van der Waals surface area (Å²) in [4.78, 5) is 21.2. The summed E-state index contributed by atoms with van der Waals surface area (Å²) < 4.78 is 0. The molecule has 2 spiro atoms. The largest absolute Gasteiger partial charge is 0.506 e. The molecule has 3 aliphatic carbocycles. The lowest BCUT2D eigenvalue weighted by atomic mass is 9.31. The third kappa shape index (κ3) is 4.09. The van der Waals surface area contributed by atoms with Crippen LogP contribution in [0.2, 0.25) is 0 Å². The van der Waals surface area contributed by atoms with Gasteiger partial charge in [0.25, 0.3) is 0 Å². The van der Waals surface area contributed by atoms with Gasteiger partial charge in [0.15, 0.2) is 0 Å². The normalized spacial score (nSPS) is 28.0. The van der Waals surface area contributed by atoms with Crippen molar-refractivity contribution < 1.29 is 9.90 Å². The summed E-state index contributed by atoms with van der Waals surface area (Å²) in [5.41, 5.74) is 0.803. The number of ketones is 1. The van der Waals surface area contributed by atoms with E-state index in [0.717, 1.165) is 49.5 Å². The van der Waals surface area contributed by atoms with Gasteiger partial charge < -0.3 is 21.1 Å². The first-order valence-corrected chi connectivity index (χ1v) is 23.2. The molecule has 4 aromatic rings. The van der Waals surface area contributed by atoms with Crippen LogP contribution in [-0.2, 0) is 4.79 Å². The zero-order chi connectivity index (χ0) is 46.0. The van der Waals surface area contributed by atoms with Gasteiger partial charge in [-0.1, -0.05) is 187 Å². The molecule has 0 saturated heterocycles. The third-order valence-corrected chi connectivity index (χ3v) is 22.9. The van der Waals surface area contributed by atoms with Gasteiger partial charge >= 0.3 is 0 Å². The predicted molar refractivity (Wildman–Crippen MR) is 261 cm³/mol. The van der Waals surface area contributed by atoms with Crippen LogP contribution in [0.15, 0.2) is 71.4 Å². The maximum atomic E-state index is 15.3. The number of hydrogen-bond donors (Lipinski definition) is 4. The fourth-order valence-corrected chi connectivity index (χ4v) is 14.6. The minimum absolute atomic E-state index is 0.0289. The molecule has 2 heterocycles. The predicted octanol–water partition coefficient (Wildman–Crippen LogP) is 13.3. The maximum absolute atomic E-state index is 15.3. The number of benzene rings is 4. The molecule has 4 aromatic carbocycles. The minimum Gasteiger partial charge on any atom is -0.506 e. The number of anilines is 3. The Bertz CT molecular complexity index is 2810. The van der Waals surface area contributed by atoms with Gasteiger partial charge in [0.1, 0.15) is 17.1 Å². The highest BCUT2D eigenvalue weighted by Crippen LogP contribution is 2.78. The van der Waals surface area contributed by atoms with Gasteiger partial charge in [-0.25, -0.2) is 0 Å². The topological polar surface area (TPSA) is 85.8 Å². The Kier molecular flexibility index (Phi) is 7.96. The van der Waals surface area contributed by atoms with Crippen molar-refractivity contribution in [3.8, 4) is 0 Å². The van der Waals surface area contributed by atoms with Crippen molar-refractivity contribution in [1.82, 2.24) is 0 Å². The van der Waals surface area contributed by atoms with Gasteiger partial charge in [0.05, 0.1) is 22.2 Å². The number of nitrogens with one attached hydrogen (secondary N) is 3. The van der Waals surface area contributed by atoms with Crippen LogP contribution in [0.5, 0.6) is 0 Å². The first-order chi connectivity index (χ1) is 28.1. The quantitative estimate of drug-likeness (QED) is 0.153. The molecule has 0 amide bonds. The standard InChI is InChI=1S/C56H74N4O2/c1-45(2)47(5,6)51(13,14)55(52(15,16)48(45,7)8)57-35-25-21-23-31-27-29-33(41(59-55)37(31)35)39-43(61)40(44(39)62)34-30-28-32-24-22-26-36-38(32)42(34)60-56(58-36)53(17,18)49(9,10)46(3,4)50(11,12)54(56,19)20/h21-30,57-59,61H,1-20H3. The summed E-state index contributed by atoms with van der Waals surface area (Å²) in [6.45, 7) is 48.1. The fraction of sp³-hybridized carbons (Fsp3) is 0.571. The number of rotatable bonds is 1. The van der Waals surface area contributed by atoms with Gasteiger partial charge in [0, 0.05) is 54.6 Å². The number of hydrogen-bond acceptors (Lipinski definition) is 6. The second-order valence-corrected chi connectivity index (χ2v) is 25.4. The summed E-state index contributed by atoms with van der Waals surface area (Å²) in [6.07, 6.45) is 0. The molecule has 6 nitrogen and oxygen atoms in total. The van der Waals surface area contributed by atoms with Crippen molar-refractivity contribution in [1.29, 1.82) is 0 Å². The number of nitrogens with zero attached hydrogens (tertiary/aromatic N) is 1. The molecule has 4 N–H and O–H groups in total. The van der Waals surface area contributed by atoms with Crippen molar-refractivity contribution in [3.63, 3.8) is 0 Å². The molecule has 2 aliphatic heterocycles. The second kappa shape index (κ2) is 11.5. The van der Waals surface area contributed by atoms with E-state index >= 15 is 4.79 Å². The molecule has 2 saturated carbocycles. The van der Waals surface area contributed by atoms with Crippen LogP contribution < -0.4 is 26.5 Å². The van der Waals surface area contributed by atoms with E-state index in [2.05, 4.69) is 203 Å². The summed E-state index contributed by atoms with van der Waals surface area (Å²) in [6, 6.07) is 21.1. The molecule has 5 aliphatic rings. The van der Waals surface area contributed by atoms with E-state index in [1.54, 1.807) is 0 Å². The number of Topliss-reactive ketones (excluding diaryl/α,β-unsaturated/α-hetero) is 1. The van der Waals surface area contributed by atoms with Crippen molar-refractivity contribution in [2.75, 3.05) is 16.0 Å². The molecular formula is C56H74N4O2. The summed E-state index contributed by atoms with van der Waals surface area (Å²) in [5, 5.41) is 30.7. The van der Waals surface area contributed by atoms with E-state index < -0.39 is 11.3 Å². The zero-order valence-electron chi connectivity index (χ0n) is 41.6. The Balaban J connectivity index is 1.33. The molecule has 330 valence electrons. The van der Waals surface area contributed by atoms with Gasteiger partial charge in [-0.15, -0.1) is 0 Å². The van der Waals surface area contributed by atoms with Gasteiger partial charge in [-0.2, -0.15) is 0 Å². The first-order valence-electron chi connectivity index (χ1n) is 23.2. The Labute approximate surface area is 371 Å². The lowest BCUT2D eigenvalue weighted by Crippen LogP contribution is -2.81. The van der Waals surface area contributed by atoms with Crippen LogP contribution in [0.1, 0.15) is 144 Å². The van der Waals surface area contributed by atoms with Gasteiger partial charge in [0.2, 0.25) is 5.78 Å². The number of aliphatic hydroxyl groups excluding tert-OH is 1. The van der Waals surface area contributed by atoms with Crippen molar-refractivity contribution in [3.05, 3.63) is 82.6 Å². The van der Waals surface area contributed by atoms with E-state index in [1.807, 2.05) is 12.1 Å². The summed E-state index contributed by atoms with van der Waals surface area (Å²) in [5.74, 6) is -0.130. The van der Waals surface area contributed by atoms with Crippen LogP contribution >= 0.6 is 0 Å². The first kappa shape index (κ1) is 43.0. The highest BCUT2D eigenvalue weighted by Gasteiger charge is 2.77. The van der Waals surface area contributed by atoms with Crippen LogP contribution in [0.4, 0.5) is 17.1 Å². The Morgan fingerprint density at radius 1 is 0.452 bits per heavy atom.